The topological polar surface area (TPSA) is 49.6 Å². The molecule has 2 unspecified atom stereocenters. The van der Waals surface area contributed by atoms with Gasteiger partial charge in [-0.2, -0.15) is 0 Å². The van der Waals surface area contributed by atoms with Crippen molar-refractivity contribution in [3.8, 4) is 0 Å². The van der Waals surface area contributed by atoms with Crippen molar-refractivity contribution in [2.75, 3.05) is 32.9 Å². The van der Waals surface area contributed by atoms with Crippen LogP contribution in [0.15, 0.2) is 24.3 Å². The summed E-state index contributed by atoms with van der Waals surface area (Å²) in [4.78, 5) is 16.7. The fourth-order valence-corrected chi connectivity index (χ4v) is 2.53. The van der Waals surface area contributed by atoms with Crippen molar-refractivity contribution < 1.29 is 4.79 Å². The number of carbonyl (C=O) groups excluding carboxylic acids is 1. The Balaban J connectivity index is 2.85. The van der Waals surface area contributed by atoms with Gasteiger partial charge in [0.25, 0.3) is 0 Å². The minimum Gasteiger partial charge on any atom is -0.399 e. The highest BCUT2D eigenvalue weighted by atomic mass is 16.2. The molecule has 0 heterocycles. The summed E-state index contributed by atoms with van der Waals surface area (Å²) in [5.41, 5.74) is 7.48. The minimum absolute atomic E-state index is 0.160. The second-order valence-corrected chi connectivity index (χ2v) is 5.63. The molecule has 1 aromatic carbocycles. The molecule has 0 aliphatic carbocycles. The third-order valence-corrected chi connectivity index (χ3v) is 3.57. The van der Waals surface area contributed by atoms with E-state index in [0.717, 1.165) is 18.7 Å². The van der Waals surface area contributed by atoms with E-state index in [1.807, 2.05) is 57.1 Å². The van der Waals surface area contributed by atoms with Gasteiger partial charge in [-0.05, 0) is 52.6 Å². The van der Waals surface area contributed by atoms with Crippen molar-refractivity contribution in [2.24, 2.45) is 0 Å². The van der Waals surface area contributed by atoms with Crippen LogP contribution >= 0.6 is 0 Å². The van der Waals surface area contributed by atoms with Gasteiger partial charge in [0.05, 0.1) is 5.92 Å². The number of rotatable bonds is 6. The molecule has 2 N–H and O–H groups in total. The van der Waals surface area contributed by atoms with Gasteiger partial charge < -0.3 is 15.5 Å². The normalized spacial score (nSPS) is 14.1. The number of anilines is 1. The molecule has 0 aliphatic heterocycles. The van der Waals surface area contributed by atoms with Crippen molar-refractivity contribution in [3.63, 3.8) is 0 Å². The summed E-state index contributed by atoms with van der Waals surface area (Å²) in [5, 5.41) is 0. The first kappa shape index (κ1) is 16.5. The largest absolute Gasteiger partial charge is 0.399 e. The Morgan fingerprint density at radius 2 is 1.95 bits per heavy atom. The predicted octanol–water partition coefficient (Wildman–Crippen LogP) is 2.17. The highest BCUT2D eigenvalue weighted by molar-refractivity contribution is 5.83. The van der Waals surface area contributed by atoms with Crippen molar-refractivity contribution >= 4 is 11.6 Å². The third-order valence-electron chi connectivity index (χ3n) is 3.57. The summed E-state index contributed by atoms with van der Waals surface area (Å²) in [6.07, 6.45) is 0. The second-order valence-electron chi connectivity index (χ2n) is 5.63. The Morgan fingerprint density at radius 1 is 1.30 bits per heavy atom. The van der Waals surface area contributed by atoms with E-state index in [0.29, 0.717) is 5.69 Å². The molecule has 1 amide bonds. The Bertz CT molecular complexity index is 445. The zero-order valence-electron chi connectivity index (χ0n) is 13.3. The molecule has 1 rings (SSSR count). The summed E-state index contributed by atoms with van der Waals surface area (Å²) in [7, 11) is 4.05. The Kier molecular flexibility index (Phi) is 6.02. The molecule has 0 fully saturated rings. The van der Waals surface area contributed by atoms with Gasteiger partial charge in [0.2, 0.25) is 5.91 Å². The number of nitrogens with two attached hydrogens (primary N) is 1. The lowest BCUT2D eigenvalue weighted by molar-refractivity contribution is -0.134. The average Bonchev–Trinajstić information content (AvgIpc) is 2.37. The Morgan fingerprint density at radius 3 is 2.45 bits per heavy atom. The first-order valence-corrected chi connectivity index (χ1v) is 7.17. The van der Waals surface area contributed by atoms with Gasteiger partial charge in [0, 0.05) is 24.8 Å². The third kappa shape index (κ3) is 4.23. The van der Waals surface area contributed by atoms with Crippen LogP contribution in [-0.2, 0) is 4.79 Å². The molecule has 0 aromatic heterocycles. The minimum atomic E-state index is -0.164. The first-order valence-electron chi connectivity index (χ1n) is 7.17. The Hall–Kier alpha value is -1.55. The molecule has 1 aromatic rings. The van der Waals surface area contributed by atoms with Crippen LogP contribution in [0.3, 0.4) is 0 Å². The van der Waals surface area contributed by atoms with Crippen molar-refractivity contribution in [1.82, 2.24) is 9.80 Å². The maximum absolute atomic E-state index is 12.7. The van der Waals surface area contributed by atoms with E-state index in [2.05, 4.69) is 11.8 Å². The molecular weight excluding hydrogens is 250 g/mol. The maximum Gasteiger partial charge on any atom is 0.230 e. The van der Waals surface area contributed by atoms with Crippen molar-refractivity contribution in [2.45, 2.75) is 32.7 Å². The number of hydrogen-bond donors (Lipinski definition) is 1. The van der Waals surface area contributed by atoms with E-state index >= 15 is 0 Å². The zero-order valence-corrected chi connectivity index (χ0v) is 13.3. The van der Waals surface area contributed by atoms with Crippen LogP contribution in [0.2, 0.25) is 0 Å². The van der Waals surface area contributed by atoms with Gasteiger partial charge in [0.1, 0.15) is 0 Å². The van der Waals surface area contributed by atoms with Gasteiger partial charge >= 0.3 is 0 Å². The molecule has 4 nitrogen and oxygen atoms in total. The van der Waals surface area contributed by atoms with Crippen LogP contribution < -0.4 is 5.73 Å². The van der Waals surface area contributed by atoms with Crippen LogP contribution in [0.4, 0.5) is 5.69 Å². The smallest absolute Gasteiger partial charge is 0.230 e. The van der Waals surface area contributed by atoms with Gasteiger partial charge in [-0.1, -0.05) is 12.1 Å². The van der Waals surface area contributed by atoms with Gasteiger partial charge in [-0.3, -0.25) is 4.79 Å². The predicted molar refractivity (Wildman–Crippen MR) is 84.7 cm³/mol. The van der Waals surface area contributed by atoms with E-state index in [4.69, 9.17) is 5.73 Å². The van der Waals surface area contributed by atoms with E-state index < -0.39 is 0 Å². The number of carbonyl (C=O) groups is 1. The summed E-state index contributed by atoms with van der Waals surface area (Å²) in [5.74, 6) is -0.00416. The average molecular weight is 277 g/mol. The molecule has 0 spiro atoms. The maximum atomic E-state index is 12.7. The first-order chi connectivity index (χ1) is 9.36. The molecule has 0 aliphatic rings. The fourth-order valence-electron chi connectivity index (χ4n) is 2.53. The zero-order chi connectivity index (χ0) is 15.3. The van der Waals surface area contributed by atoms with E-state index in [1.54, 1.807) is 0 Å². The summed E-state index contributed by atoms with van der Waals surface area (Å²) < 4.78 is 0. The monoisotopic (exact) mass is 277 g/mol. The number of likely N-dealkylation sites (N-methyl/N-ethyl adjacent to an activating group) is 2. The summed E-state index contributed by atoms with van der Waals surface area (Å²) in [6, 6.07) is 7.78. The molecular formula is C16H27N3O. The van der Waals surface area contributed by atoms with Crippen LogP contribution in [0.1, 0.15) is 32.3 Å². The number of amides is 1. The molecule has 112 valence electrons. The lowest BCUT2D eigenvalue weighted by atomic mass is 9.98. The molecule has 0 radical (unpaired) electrons. The van der Waals surface area contributed by atoms with Crippen LogP contribution in [0.5, 0.6) is 0 Å². The SMILES string of the molecule is CCN(C(=O)C(C)c1cccc(N)c1)C(C)CN(C)C. The van der Waals surface area contributed by atoms with Crippen LogP contribution in [-0.4, -0.2) is 48.9 Å². The lowest BCUT2D eigenvalue weighted by Gasteiger charge is -2.32. The second kappa shape index (κ2) is 7.29. The van der Waals surface area contributed by atoms with Crippen molar-refractivity contribution in [1.29, 1.82) is 0 Å². The molecule has 2 atom stereocenters. The summed E-state index contributed by atoms with van der Waals surface area (Å²) in [6.45, 7) is 7.65. The van der Waals surface area contributed by atoms with Gasteiger partial charge in [-0.25, -0.2) is 0 Å². The van der Waals surface area contributed by atoms with Gasteiger partial charge in [-0.15, -0.1) is 0 Å². The van der Waals surface area contributed by atoms with E-state index in [1.165, 1.54) is 0 Å². The Labute approximate surface area is 122 Å². The van der Waals surface area contributed by atoms with Crippen LogP contribution in [0.25, 0.3) is 0 Å². The number of nitrogen functional groups attached to an aromatic ring is 1. The standard InChI is InChI=1S/C16H27N3O/c1-6-19(12(2)11-18(4)5)16(20)13(3)14-8-7-9-15(17)10-14/h7-10,12-13H,6,11,17H2,1-5H3. The molecule has 20 heavy (non-hydrogen) atoms. The van der Waals surface area contributed by atoms with E-state index in [-0.39, 0.29) is 17.9 Å². The summed E-state index contributed by atoms with van der Waals surface area (Å²) >= 11 is 0. The number of benzene rings is 1. The van der Waals surface area contributed by atoms with E-state index in [9.17, 15) is 4.79 Å². The lowest BCUT2D eigenvalue weighted by Crippen LogP contribution is -2.45. The molecule has 0 saturated carbocycles. The quantitative estimate of drug-likeness (QED) is 0.811. The molecule has 0 bridgehead atoms. The molecule has 0 saturated heterocycles. The number of hydrogen-bond acceptors (Lipinski definition) is 3. The van der Waals surface area contributed by atoms with Crippen LogP contribution in [0, 0.1) is 0 Å². The highest BCUT2D eigenvalue weighted by Gasteiger charge is 2.25. The van der Waals surface area contributed by atoms with Crippen molar-refractivity contribution in [3.05, 3.63) is 29.8 Å². The molecule has 4 heteroatoms. The van der Waals surface area contributed by atoms with Gasteiger partial charge in [0.15, 0.2) is 0 Å². The number of nitrogens with zero attached hydrogens (tertiary/aromatic N) is 2. The highest BCUT2D eigenvalue weighted by Crippen LogP contribution is 2.21. The fraction of sp³-hybridized carbons (Fsp3) is 0.562.